The summed E-state index contributed by atoms with van der Waals surface area (Å²) < 4.78 is 1.69. The smallest absolute Gasteiger partial charge is 0.257 e. The number of rotatable bonds is 3. The van der Waals surface area contributed by atoms with Gasteiger partial charge >= 0.3 is 0 Å². The van der Waals surface area contributed by atoms with Crippen LogP contribution >= 0.6 is 0 Å². The van der Waals surface area contributed by atoms with Crippen LogP contribution in [0.15, 0.2) is 6.07 Å². The molecule has 23 heavy (non-hydrogen) atoms. The summed E-state index contributed by atoms with van der Waals surface area (Å²) in [7, 11) is 0. The molecule has 1 atom stereocenters. The van der Waals surface area contributed by atoms with E-state index >= 15 is 0 Å². The molecule has 8 nitrogen and oxygen atoms in total. The Balaban J connectivity index is 1.96. The first-order valence-corrected chi connectivity index (χ1v) is 7.40. The second-order valence-electron chi connectivity index (χ2n) is 5.71. The molecule has 120 valence electrons. The average Bonchev–Trinajstić information content (AvgIpc) is 3.02. The van der Waals surface area contributed by atoms with E-state index in [0.717, 1.165) is 11.4 Å². The van der Waals surface area contributed by atoms with Gasteiger partial charge < -0.3 is 5.32 Å². The lowest BCUT2D eigenvalue weighted by atomic mass is 10.2. The summed E-state index contributed by atoms with van der Waals surface area (Å²) in [6, 6.07) is 1.62. The number of aromatic amines is 1. The van der Waals surface area contributed by atoms with Gasteiger partial charge in [0.05, 0.1) is 11.7 Å². The van der Waals surface area contributed by atoms with Crippen molar-refractivity contribution in [3.05, 3.63) is 40.4 Å². The third-order valence-electron chi connectivity index (χ3n) is 3.65. The lowest BCUT2D eigenvalue weighted by Gasteiger charge is -2.10. The fourth-order valence-electron chi connectivity index (χ4n) is 2.58. The number of amides is 1. The first-order chi connectivity index (χ1) is 10.9. The third kappa shape index (κ3) is 2.67. The number of carbonyl (C=O) groups excluding carboxylic acids is 1. The summed E-state index contributed by atoms with van der Waals surface area (Å²) >= 11 is 0. The van der Waals surface area contributed by atoms with Crippen molar-refractivity contribution in [3.8, 4) is 0 Å². The molecule has 0 aliphatic carbocycles. The molecule has 3 aromatic rings. The number of fused-ring (bicyclic) bond motifs is 1. The van der Waals surface area contributed by atoms with Gasteiger partial charge in [-0.1, -0.05) is 0 Å². The normalized spacial score (nSPS) is 12.6. The molecule has 0 saturated heterocycles. The molecular formula is C15H19N7O. The molecule has 0 spiro atoms. The van der Waals surface area contributed by atoms with Gasteiger partial charge in [-0.2, -0.15) is 10.2 Å². The number of nitrogens with one attached hydrogen (secondary N) is 2. The molecule has 2 N–H and O–H groups in total. The fraction of sp³-hybridized carbons (Fsp3) is 0.400. The minimum atomic E-state index is -0.312. The molecule has 1 unspecified atom stereocenters. The second kappa shape index (κ2) is 5.45. The zero-order valence-corrected chi connectivity index (χ0v) is 13.8. The monoisotopic (exact) mass is 313 g/mol. The quantitative estimate of drug-likeness (QED) is 0.764. The molecule has 3 rings (SSSR count). The van der Waals surface area contributed by atoms with E-state index < -0.39 is 0 Å². The molecule has 8 heteroatoms. The Morgan fingerprint density at radius 1 is 1.26 bits per heavy atom. The van der Waals surface area contributed by atoms with Gasteiger partial charge in [0.15, 0.2) is 11.5 Å². The van der Waals surface area contributed by atoms with E-state index in [-0.39, 0.29) is 11.9 Å². The van der Waals surface area contributed by atoms with Crippen molar-refractivity contribution in [2.45, 2.75) is 40.7 Å². The van der Waals surface area contributed by atoms with Gasteiger partial charge in [-0.15, -0.1) is 0 Å². The van der Waals surface area contributed by atoms with Crippen LogP contribution in [0, 0.1) is 27.7 Å². The highest BCUT2D eigenvalue weighted by molar-refractivity contribution is 6.01. The largest absolute Gasteiger partial charge is 0.342 e. The van der Waals surface area contributed by atoms with Gasteiger partial charge in [-0.3, -0.25) is 9.89 Å². The van der Waals surface area contributed by atoms with Crippen molar-refractivity contribution in [1.29, 1.82) is 0 Å². The minimum Gasteiger partial charge on any atom is -0.342 e. The number of aromatic nitrogens is 6. The van der Waals surface area contributed by atoms with Gasteiger partial charge in [0.2, 0.25) is 0 Å². The van der Waals surface area contributed by atoms with Crippen LogP contribution in [0.25, 0.3) is 5.65 Å². The standard InChI is InChI=1S/C15H19N7O/c1-7-6-8(2)22-14(16-7)12(9(3)21-22)15(23)17-10(4)13-18-11(5)19-20-13/h6,10H,1-5H3,(H,17,23)(H,18,19,20). The Hall–Kier alpha value is -2.77. The van der Waals surface area contributed by atoms with Crippen LogP contribution in [-0.2, 0) is 0 Å². The minimum absolute atomic E-state index is 0.232. The highest BCUT2D eigenvalue weighted by Gasteiger charge is 2.22. The summed E-state index contributed by atoms with van der Waals surface area (Å²) in [5.74, 6) is 1.02. The van der Waals surface area contributed by atoms with Crippen molar-refractivity contribution >= 4 is 11.6 Å². The number of hydrogen-bond donors (Lipinski definition) is 2. The van der Waals surface area contributed by atoms with Gasteiger partial charge in [0.1, 0.15) is 11.4 Å². The maximum Gasteiger partial charge on any atom is 0.257 e. The van der Waals surface area contributed by atoms with Crippen molar-refractivity contribution < 1.29 is 4.79 Å². The first kappa shape index (κ1) is 15.1. The lowest BCUT2D eigenvalue weighted by molar-refractivity contribution is 0.0939. The summed E-state index contributed by atoms with van der Waals surface area (Å²) in [6.07, 6.45) is 0. The van der Waals surface area contributed by atoms with E-state index in [1.807, 2.05) is 33.8 Å². The number of carbonyl (C=O) groups is 1. The van der Waals surface area contributed by atoms with Crippen LogP contribution < -0.4 is 5.32 Å². The summed E-state index contributed by atoms with van der Waals surface area (Å²) in [6.45, 7) is 9.30. The molecule has 0 radical (unpaired) electrons. The van der Waals surface area contributed by atoms with Gasteiger partial charge in [-0.25, -0.2) is 14.5 Å². The van der Waals surface area contributed by atoms with E-state index in [2.05, 4.69) is 30.6 Å². The van der Waals surface area contributed by atoms with Crippen molar-refractivity contribution in [3.63, 3.8) is 0 Å². The van der Waals surface area contributed by atoms with Crippen LogP contribution in [0.4, 0.5) is 0 Å². The maximum atomic E-state index is 12.7. The average molecular weight is 313 g/mol. The van der Waals surface area contributed by atoms with Crippen LogP contribution in [0.5, 0.6) is 0 Å². The summed E-state index contributed by atoms with van der Waals surface area (Å²) in [5.41, 5.74) is 3.47. The molecule has 0 fully saturated rings. The SMILES string of the molecule is Cc1cc(C)n2nc(C)c(C(=O)NC(C)c3n[nH]c(C)n3)c2n1. The Morgan fingerprint density at radius 2 is 2.00 bits per heavy atom. The fourth-order valence-corrected chi connectivity index (χ4v) is 2.58. The Kier molecular flexibility index (Phi) is 3.59. The van der Waals surface area contributed by atoms with Crippen molar-refractivity contribution in [2.24, 2.45) is 0 Å². The molecule has 0 saturated carbocycles. The molecule has 0 aromatic carbocycles. The van der Waals surface area contributed by atoms with Crippen molar-refractivity contribution in [1.82, 2.24) is 35.1 Å². The molecule has 0 aliphatic heterocycles. The van der Waals surface area contributed by atoms with E-state index in [1.165, 1.54) is 0 Å². The molecular weight excluding hydrogens is 294 g/mol. The Bertz CT molecular complexity index is 893. The van der Waals surface area contributed by atoms with E-state index in [1.54, 1.807) is 11.4 Å². The van der Waals surface area contributed by atoms with Crippen molar-refractivity contribution in [2.75, 3.05) is 0 Å². The molecule has 3 aromatic heterocycles. The Labute approximate surface area is 133 Å². The van der Waals surface area contributed by atoms with Gasteiger partial charge in [0.25, 0.3) is 5.91 Å². The van der Waals surface area contributed by atoms with E-state index in [4.69, 9.17) is 0 Å². The second-order valence-corrected chi connectivity index (χ2v) is 5.71. The number of hydrogen-bond acceptors (Lipinski definition) is 5. The third-order valence-corrected chi connectivity index (χ3v) is 3.65. The van der Waals surface area contributed by atoms with E-state index in [0.29, 0.717) is 28.6 Å². The predicted molar refractivity (Wildman–Crippen MR) is 84.2 cm³/mol. The molecule has 0 aliphatic rings. The zero-order chi connectivity index (χ0) is 16.7. The highest BCUT2D eigenvalue weighted by atomic mass is 16.1. The Morgan fingerprint density at radius 3 is 2.65 bits per heavy atom. The van der Waals surface area contributed by atoms with Crippen LogP contribution in [-0.4, -0.2) is 35.7 Å². The van der Waals surface area contributed by atoms with E-state index in [9.17, 15) is 4.79 Å². The number of aryl methyl sites for hydroxylation is 4. The van der Waals surface area contributed by atoms with Gasteiger partial charge in [-0.05, 0) is 40.7 Å². The highest BCUT2D eigenvalue weighted by Crippen LogP contribution is 2.17. The molecule has 0 bridgehead atoms. The first-order valence-electron chi connectivity index (χ1n) is 7.40. The summed E-state index contributed by atoms with van der Waals surface area (Å²) in [4.78, 5) is 21.4. The molecule has 3 heterocycles. The lowest BCUT2D eigenvalue weighted by Crippen LogP contribution is -2.28. The van der Waals surface area contributed by atoms with Gasteiger partial charge in [0, 0.05) is 11.4 Å². The topological polar surface area (TPSA) is 101 Å². The molecule has 1 amide bonds. The number of H-pyrrole nitrogens is 1. The maximum absolute atomic E-state index is 12.7. The zero-order valence-electron chi connectivity index (χ0n) is 13.8. The van der Waals surface area contributed by atoms with Crippen LogP contribution in [0.2, 0.25) is 0 Å². The summed E-state index contributed by atoms with van der Waals surface area (Å²) in [5, 5.41) is 14.2. The van der Waals surface area contributed by atoms with Crippen LogP contribution in [0.1, 0.15) is 52.1 Å². The number of nitrogens with zero attached hydrogens (tertiary/aromatic N) is 5. The van der Waals surface area contributed by atoms with Crippen LogP contribution in [0.3, 0.4) is 0 Å². The predicted octanol–water partition coefficient (Wildman–Crippen LogP) is 1.57.